The van der Waals surface area contributed by atoms with E-state index >= 15 is 0 Å². The third-order valence-electron chi connectivity index (χ3n) is 8.21. The average Bonchev–Trinajstić information content (AvgIpc) is 3.38. The lowest BCUT2D eigenvalue weighted by molar-refractivity contribution is -0.137. The summed E-state index contributed by atoms with van der Waals surface area (Å²) in [6.45, 7) is 6.88. The molecule has 2 amide bonds. The van der Waals surface area contributed by atoms with E-state index in [1.54, 1.807) is 24.8 Å². The van der Waals surface area contributed by atoms with Crippen LogP contribution in [0.3, 0.4) is 0 Å². The van der Waals surface area contributed by atoms with E-state index in [2.05, 4.69) is 20.8 Å². The molecule has 2 aromatic rings. The van der Waals surface area contributed by atoms with Gasteiger partial charge >= 0.3 is 0 Å². The minimum absolute atomic E-state index is 0.000728. The van der Waals surface area contributed by atoms with Gasteiger partial charge in [0.15, 0.2) is 5.78 Å². The Morgan fingerprint density at radius 1 is 0.975 bits per heavy atom. The second-order valence-corrected chi connectivity index (χ2v) is 13.4. The highest BCUT2D eigenvalue weighted by Gasteiger charge is 2.37. The number of carbonyl (C=O) groups excluding carboxylic acids is 3. The van der Waals surface area contributed by atoms with Gasteiger partial charge in [0.2, 0.25) is 21.8 Å². The molecule has 1 atom stereocenters. The normalized spacial score (nSPS) is 20.0. The maximum atomic E-state index is 13.8. The zero-order valence-corrected chi connectivity index (χ0v) is 25.3. The van der Waals surface area contributed by atoms with Crippen LogP contribution in [-0.2, 0) is 26.0 Å². The van der Waals surface area contributed by atoms with E-state index in [1.807, 2.05) is 35.2 Å². The Morgan fingerprint density at radius 3 is 2.33 bits per heavy atom. The molecule has 2 saturated heterocycles. The maximum Gasteiger partial charge on any atom is 0.244 e. The fraction of sp³-hybridized carbons (Fsp3) is 0.483. The van der Waals surface area contributed by atoms with Crippen LogP contribution in [0, 0.1) is 5.92 Å². The van der Waals surface area contributed by atoms with E-state index in [-0.39, 0.29) is 29.0 Å². The van der Waals surface area contributed by atoms with E-state index in [9.17, 15) is 22.8 Å². The molecule has 2 fully saturated rings. The molecular formula is C29H35BrN4O5S. The fourth-order valence-electron chi connectivity index (χ4n) is 5.89. The first-order valence-corrected chi connectivity index (χ1v) is 16.1. The monoisotopic (exact) mass is 630 g/mol. The van der Waals surface area contributed by atoms with E-state index in [1.165, 1.54) is 4.31 Å². The van der Waals surface area contributed by atoms with Crippen LogP contribution in [-0.4, -0.2) is 81.0 Å². The third-order valence-corrected chi connectivity index (χ3v) is 11.0. The molecule has 9 nitrogen and oxygen atoms in total. The van der Waals surface area contributed by atoms with Gasteiger partial charge in [0.05, 0.1) is 10.8 Å². The summed E-state index contributed by atoms with van der Waals surface area (Å²) in [5.74, 6) is -0.389. The molecule has 0 aromatic heterocycles. The second-order valence-electron chi connectivity index (χ2n) is 10.7. The number of benzene rings is 2. The van der Waals surface area contributed by atoms with Gasteiger partial charge in [-0.2, -0.15) is 4.31 Å². The zero-order valence-electron chi connectivity index (χ0n) is 22.9. The van der Waals surface area contributed by atoms with Crippen molar-refractivity contribution in [1.29, 1.82) is 0 Å². The molecule has 0 spiro atoms. The van der Waals surface area contributed by atoms with Gasteiger partial charge < -0.3 is 14.7 Å². The topological polar surface area (TPSA) is 98.3 Å². The van der Waals surface area contributed by atoms with Crippen molar-refractivity contribution in [2.45, 2.75) is 44.4 Å². The highest BCUT2D eigenvalue weighted by Crippen LogP contribution is 2.38. The van der Waals surface area contributed by atoms with Gasteiger partial charge in [-0.05, 0) is 84.1 Å². The van der Waals surface area contributed by atoms with Gasteiger partial charge in [0.25, 0.3) is 0 Å². The molecule has 11 heteroatoms. The van der Waals surface area contributed by atoms with Gasteiger partial charge in [0.1, 0.15) is 0 Å². The number of anilines is 2. The number of ketones is 1. The van der Waals surface area contributed by atoms with Crippen molar-refractivity contribution in [1.82, 2.24) is 9.21 Å². The Morgan fingerprint density at radius 2 is 1.68 bits per heavy atom. The van der Waals surface area contributed by atoms with Crippen LogP contribution >= 0.6 is 15.9 Å². The number of sulfonamides is 1. The Balaban J connectivity index is 1.25. The maximum absolute atomic E-state index is 13.8. The van der Waals surface area contributed by atoms with Gasteiger partial charge in [-0.15, -0.1) is 0 Å². The summed E-state index contributed by atoms with van der Waals surface area (Å²) in [6, 6.07) is 10.9. The number of carbonyl (C=O) groups is 3. The highest BCUT2D eigenvalue weighted by atomic mass is 79.9. The van der Waals surface area contributed by atoms with E-state index in [4.69, 9.17) is 0 Å². The summed E-state index contributed by atoms with van der Waals surface area (Å²) in [5, 5.41) is 0. The molecule has 214 valence electrons. The first kappa shape index (κ1) is 28.8. The van der Waals surface area contributed by atoms with Crippen LogP contribution in [0.25, 0.3) is 0 Å². The van der Waals surface area contributed by atoms with Crippen LogP contribution in [0.2, 0.25) is 0 Å². The van der Waals surface area contributed by atoms with Crippen LogP contribution in [0.4, 0.5) is 11.4 Å². The molecule has 0 unspecified atom stereocenters. The lowest BCUT2D eigenvalue weighted by atomic mass is 9.97. The number of fused-ring (bicyclic) bond motifs is 1. The average molecular weight is 632 g/mol. The highest BCUT2D eigenvalue weighted by molar-refractivity contribution is 9.10. The minimum Gasteiger partial charge on any atom is -0.368 e. The standard InChI is InChI=1S/C29H35BrN4O5S/c1-3-28(36)34-12-10-22-17-25(30)27(18-26(22)34)40(38,39)33-11-4-5-23(19-33)29(37)32-15-13-31(14-16-32)24-8-6-21(7-9-24)20(2)35/h6-9,17-18,23H,3-5,10-16,19H2,1-2H3/t23-/m0/s1. The second kappa shape index (κ2) is 11.6. The number of rotatable bonds is 6. The summed E-state index contributed by atoms with van der Waals surface area (Å²) in [4.78, 5) is 43.3. The Hall–Kier alpha value is -2.76. The first-order chi connectivity index (χ1) is 19.1. The lowest BCUT2D eigenvalue weighted by Crippen LogP contribution is -2.53. The molecule has 0 saturated carbocycles. The van der Waals surface area contributed by atoms with Crippen LogP contribution in [0.15, 0.2) is 45.8 Å². The van der Waals surface area contributed by atoms with Crippen molar-refractivity contribution in [3.05, 3.63) is 52.0 Å². The van der Waals surface area contributed by atoms with Crippen molar-refractivity contribution in [3.63, 3.8) is 0 Å². The smallest absolute Gasteiger partial charge is 0.244 e. The first-order valence-electron chi connectivity index (χ1n) is 13.9. The van der Waals surface area contributed by atoms with Crippen LogP contribution in [0.1, 0.15) is 49.0 Å². The molecule has 0 aliphatic carbocycles. The molecule has 3 aliphatic rings. The van der Waals surface area contributed by atoms with Crippen molar-refractivity contribution in [2.75, 3.05) is 55.6 Å². The molecule has 5 rings (SSSR count). The SMILES string of the molecule is CCC(=O)N1CCc2cc(Br)c(S(=O)(=O)N3CCC[C@H](C(=O)N4CCN(c5ccc(C(C)=O)cc5)CC4)C3)cc21. The number of hydrogen-bond donors (Lipinski definition) is 0. The number of amides is 2. The van der Waals surface area contributed by atoms with Gasteiger partial charge in [0, 0.05) is 73.6 Å². The van der Waals surface area contributed by atoms with E-state index in [0.717, 1.165) is 11.3 Å². The van der Waals surface area contributed by atoms with Gasteiger partial charge in [-0.1, -0.05) is 6.92 Å². The number of piperidine rings is 1. The molecule has 40 heavy (non-hydrogen) atoms. The molecule has 3 aliphatic heterocycles. The molecule has 0 radical (unpaired) electrons. The summed E-state index contributed by atoms with van der Waals surface area (Å²) < 4.78 is 29.5. The lowest BCUT2D eigenvalue weighted by Gasteiger charge is -2.39. The van der Waals surface area contributed by atoms with Crippen molar-refractivity contribution in [2.24, 2.45) is 5.92 Å². The largest absolute Gasteiger partial charge is 0.368 e. The predicted octanol–water partition coefficient (Wildman–Crippen LogP) is 3.70. The summed E-state index contributed by atoms with van der Waals surface area (Å²) >= 11 is 3.46. The molecular weight excluding hydrogens is 596 g/mol. The Bertz CT molecular complexity index is 1420. The summed E-state index contributed by atoms with van der Waals surface area (Å²) in [5.41, 5.74) is 3.31. The van der Waals surface area contributed by atoms with E-state index < -0.39 is 15.9 Å². The van der Waals surface area contributed by atoms with Crippen LogP contribution < -0.4 is 9.80 Å². The molecule has 3 heterocycles. The minimum atomic E-state index is -3.88. The van der Waals surface area contributed by atoms with Gasteiger partial charge in [-0.25, -0.2) is 8.42 Å². The van der Waals surface area contributed by atoms with Crippen LogP contribution in [0.5, 0.6) is 0 Å². The number of Topliss-reactive ketones (excluding diaryl/α,β-unsaturated/α-hetero) is 1. The number of halogens is 1. The molecule has 2 aromatic carbocycles. The van der Waals surface area contributed by atoms with Crippen molar-refractivity contribution < 1.29 is 22.8 Å². The molecule has 0 N–H and O–H groups in total. The Kier molecular flexibility index (Phi) is 8.35. The van der Waals surface area contributed by atoms with E-state index in [0.29, 0.717) is 80.7 Å². The third kappa shape index (κ3) is 5.56. The summed E-state index contributed by atoms with van der Waals surface area (Å²) in [6.07, 6.45) is 2.31. The fourth-order valence-corrected chi connectivity index (χ4v) is 8.48. The zero-order chi connectivity index (χ0) is 28.6. The summed E-state index contributed by atoms with van der Waals surface area (Å²) in [7, 11) is -3.88. The number of hydrogen-bond acceptors (Lipinski definition) is 6. The predicted molar refractivity (Wildman–Crippen MR) is 157 cm³/mol. The van der Waals surface area contributed by atoms with Crippen molar-refractivity contribution in [3.8, 4) is 0 Å². The number of nitrogens with zero attached hydrogens (tertiary/aromatic N) is 4. The Labute approximate surface area is 244 Å². The number of piperazine rings is 1. The van der Waals surface area contributed by atoms with Crippen molar-refractivity contribution >= 4 is 54.9 Å². The quantitative estimate of drug-likeness (QED) is 0.452. The van der Waals surface area contributed by atoms with Gasteiger partial charge in [-0.3, -0.25) is 14.4 Å². The molecule has 0 bridgehead atoms.